The van der Waals surface area contributed by atoms with E-state index in [1.54, 1.807) is 12.3 Å². The number of nitrogens with zero attached hydrogens (tertiary/aromatic N) is 2. The molecule has 0 atom stereocenters. The summed E-state index contributed by atoms with van der Waals surface area (Å²) in [5, 5.41) is 0. The van der Waals surface area contributed by atoms with Crippen LogP contribution in [0.4, 0.5) is 11.4 Å². The molecule has 0 amide bonds. The molecule has 1 aliphatic heterocycles. The average molecular weight is 249 g/mol. The first-order chi connectivity index (χ1) is 8.59. The summed E-state index contributed by atoms with van der Waals surface area (Å²) in [5.74, 6) is 0. The summed E-state index contributed by atoms with van der Waals surface area (Å²) < 4.78 is 1.25. The quantitative estimate of drug-likeness (QED) is 0.618. The van der Waals surface area contributed by atoms with E-state index in [0.29, 0.717) is 5.69 Å². The van der Waals surface area contributed by atoms with Crippen molar-refractivity contribution in [1.29, 1.82) is 0 Å². The standard InChI is InChI=1S/C14H25N4/c1-18(8-4-5-9-18)7-3-2-6-14-13(16)10-12(15)11-17-14/h10-11H,2-9,15-16H2,1H3/q+1. The van der Waals surface area contributed by atoms with Crippen molar-refractivity contribution in [3.63, 3.8) is 0 Å². The summed E-state index contributed by atoms with van der Waals surface area (Å²) in [7, 11) is 2.38. The van der Waals surface area contributed by atoms with E-state index in [4.69, 9.17) is 11.5 Å². The zero-order valence-electron chi connectivity index (χ0n) is 11.4. The van der Waals surface area contributed by atoms with Crippen molar-refractivity contribution >= 4 is 11.4 Å². The third-order valence-electron chi connectivity index (χ3n) is 4.03. The number of hydrogen-bond donors (Lipinski definition) is 2. The molecule has 0 saturated carbocycles. The highest BCUT2D eigenvalue weighted by molar-refractivity contribution is 5.52. The van der Waals surface area contributed by atoms with E-state index in [9.17, 15) is 0 Å². The van der Waals surface area contributed by atoms with Crippen LogP contribution in [-0.4, -0.2) is 36.1 Å². The summed E-state index contributed by atoms with van der Waals surface area (Å²) in [6, 6.07) is 1.80. The number of aryl methyl sites for hydroxylation is 1. The minimum Gasteiger partial charge on any atom is -0.397 e. The number of unbranched alkanes of at least 4 members (excludes halogenated alkanes) is 1. The lowest BCUT2D eigenvalue weighted by Crippen LogP contribution is -2.41. The van der Waals surface area contributed by atoms with Crippen molar-refractivity contribution in [2.45, 2.75) is 32.1 Å². The first-order valence-electron chi connectivity index (χ1n) is 6.92. The summed E-state index contributed by atoms with van der Waals surface area (Å²) in [5.41, 5.74) is 13.9. The van der Waals surface area contributed by atoms with E-state index in [2.05, 4.69) is 12.0 Å². The van der Waals surface area contributed by atoms with E-state index in [1.165, 1.54) is 43.4 Å². The Morgan fingerprint density at radius 2 is 1.94 bits per heavy atom. The third kappa shape index (κ3) is 3.35. The van der Waals surface area contributed by atoms with Gasteiger partial charge in [0.1, 0.15) is 0 Å². The maximum atomic E-state index is 5.91. The molecule has 100 valence electrons. The lowest BCUT2D eigenvalue weighted by atomic mass is 10.1. The Balaban J connectivity index is 1.75. The number of likely N-dealkylation sites (tertiary alicyclic amines) is 1. The maximum absolute atomic E-state index is 5.91. The monoisotopic (exact) mass is 249 g/mol. The van der Waals surface area contributed by atoms with E-state index >= 15 is 0 Å². The predicted octanol–water partition coefficient (Wildman–Crippen LogP) is 1.81. The number of pyridine rings is 1. The van der Waals surface area contributed by atoms with Gasteiger partial charge in [0, 0.05) is 12.8 Å². The molecule has 1 aromatic heterocycles. The zero-order valence-corrected chi connectivity index (χ0v) is 11.4. The van der Waals surface area contributed by atoms with Crippen molar-refractivity contribution in [3.05, 3.63) is 18.0 Å². The van der Waals surface area contributed by atoms with Crippen LogP contribution in [0.5, 0.6) is 0 Å². The molecule has 4 heteroatoms. The number of rotatable bonds is 5. The topological polar surface area (TPSA) is 64.9 Å². The number of quaternary nitrogens is 1. The lowest BCUT2D eigenvalue weighted by molar-refractivity contribution is -0.897. The third-order valence-corrected chi connectivity index (χ3v) is 4.03. The molecule has 1 aromatic rings. The SMILES string of the molecule is C[N+]1(CCCCc2ncc(N)cc2N)CCCC1. The number of nitrogens with two attached hydrogens (primary N) is 2. The molecule has 1 aliphatic rings. The summed E-state index contributed by atoms with van der Waals surface area (Å²) in [6.07, 6.45) is 7.86. The Kier molecular flexibility index (Phi) is 4.07. The molecule has 0 bridgehead atoms. The molecule has 0 radical (unpaired) electrons. The highest BCUT2D eigenvalue weighted by atomic mass is 15.3. The number of aromatic nitrogens is 1. The van der Waals surface area contributed by atoms with Crippen LogP contribution in [0.25, 0.3) is 0 Å². The van der Waals surface area contributed by atoms with Crippen LogP contribution in [-0.2, 0) is 6.42 Å². The van der Waals surface area contributed by atoms with Crippen molar-refractivity contribution in [2.24, 2.45) is 0 Å². The van der Waals surface area contributed by atoms with Crippen LogP contribution in [0.2, 0.25) is 0 Å². The molecular formula is C14H25N4+. The second-order valence-electron chi connectivity index (χ2n) is 5.76. The fraction of sp³-hybridized carbons (Fsp3) is 0.643. The number of nitrogen functional groups attached to an aromatic ring is 2. The molecule has 1 saturated heterocycles. The molecule has 0 aliphatic carbocycles. The van der Waals surface area contributed by atoms with Crippen LogP contribution in [0.1, 0.15) is 31.4 Å². The van der Waals surface area contributed by atoms with Gasteiger partial charge in [-0.05, 0) is 25.3 Å². The highest BCUT2D eigenvalue weighted by Crippen LogP contribution is 2.19. The largest absolute Gasteiger partial charge is 0.397 e. The maximum Gasteiger partial charge on any atom is 0.0786 e. The van der Waals surface area contributed by atoms with E-state index in [0.717, 1.165) is 24.2 Å². The van der Waals surface area contributed by atoms with Crippen molar-refractivity contribution in [3.8, 4) is 0 Å². The molecule has 18 heavy (non-hydrogen) atoms. The molecule has 2 heterocycles. The first kappa shape index (κ1) is 13.1. The lowest BCUT2D eigenvalue weighted by Gasteiger charge is -2.29. The van der Waals surface area contributed by atoms with Crippen LogP contribution in [0.3, 0.4) is 0 Å². The average Bonchev–Trinajstić information content (AvgIpc) is 2.74. The summed E-state index contributed by atoms with van der Waals surface area (Å²) in [4.78, 5) is 4.31. The van der Waals surface area contributed by atoms with E-state index < -0.39 is 0 Å². The summed E-state index contributed by atoms with van der Waals surface area (Å²) >= 11 is 0. The normalized spacial score (nSPS) is 18.1. The fourth-order valence-corrected chi connectivity index (χ4v) is 2.84. The minimum atomic E-state index is 0.645. The Morgan fingerprint density at radius 1 is 1.22 bits per heavy atom. The van der Waals surface area contributed by atoms with Crippen LogP contribution < -0.4 is 11.5 Å². The van der Waals surface area contributed by atoms with Crippen LogP contribution in [0, 0.1) is 0 Å². The second-order valence-corrected chi connectivity index (χ2v) is 5.76. The molecule has 4 N–H and O–H groups in total. The van der Waals surface area contributed by atoms with Gasteiger partial charge in [-0.1, -0.05) is 0 Å². The Labute approximate surface area is 110 Å². The van der Waals surface area contributed by atoms with E-state index in [1.807, 2.05) is 0 Å². The van der Waals surface area contributed by atoms with Gasteiger partial charge in [0.15, 0.2) is 0 Å². The fourth-order valence-electron chi connectivity index (χ4n) is 2.84. The molecule has 0 spiro atoms. The van der Waals surface area contributed by atoms with Gasteiger partial charge in [-0.15, -0.1) is 0 Å². The van der Waals surface area contributed by atoms with Gasteiger partial charge < -0.3 is 16.0 Å². The van der Waals surface area contributed by atoms with Crippen molar-refractivity contribution in [1.82, 2.24) is 4.98 Å². The Hall–Kier alpha value is -1.29. The van der Waals surface area contributed by atoms with Gasteiger partial charge in [0.25, 0.3) is 0 Å². The number of hydrogen-bond acceptors (Lipinski definition) is 3. The highest BCUT2D eigenvalue weighted by Gasteiger charge is 2.25. The van der Waals surface area contributed by atoms with Gasteiger partial charge in [-0.25, -0.2) is 0 Å². The summed E-state index contributed by atoms with van der Waals surface area (Å²) in [6.45, 7) is 3.99. The zero-order chi connectivity index (χ0) is 13.0. The second kappa shape index (κ2) is 5.57. The molecule has 1 fully saturated rings. The van der Waals surface area contributed by atoms with Crippen LogP contribution >= 0.6 is 0 Å². The minimum absolute atomic E-state index is 0.645. The van der Waals surface area contributed by atoms with E-state index in [-0.39, 0.29) is 0 Å². The molecule has 0 aromatic carbocycles. The van der Waals surface area contributed by atoms with Gasteiger partial charge in [0.05, 0.1) is 49.9 Å². The van der Waals surface area contributed by atoms with Crippen LogP contribution in [0.15, 0.2) is 12.3 Å². The Morgan fingerprint density at radius 3 is 2.61 bits per heavy atom. The molecule has 2 rings (SSSR count). The molecule has 0 unspecified atom stereocenters. The first-order valence-corrected chi connectivity index (χ1v) is 6.92. The van der Waals surface area contributed by atoms with Gasteiger partial charge in [-0.2, -0.15) is 0 Å². The van der Waals surface area contributed by atoms with Gasteiger partial charge in [-0.3, -0.25) is 4.98 Å². The Bertz CT molecular complexity index is 397. The molecular weight excluding hydrogens is 224 g/mol. The predicted molar refractivity (Wildman–Crippen MR) is 76.0 cm³/mol. The van der Waals surface area contributed by atoms with Crippen molar-refractivity contribution < 1.29 is 4.48 Å². The smallest absolute Gasteiger partial charge is 0.0786 e. The van der Waals surface area contributed by atoms with Gasteiger partial charge >= 0.3 is 0 Å². The molecule has 4 nitrogen and oxygen atoms in total. The van der Waals surface area contributed by atoms with Gasteiger partial charge in [0.2, 0.25) is 0 Å². The number of anilines is 2. The van der Waals surface area contributed by atoms with Crippen molar-refractivity contribution in [2.75, 3.05) is 38.1 Å².